The summed E-state index contributed by atoms with van der Waals surface area (Å²) < 4.78 is 10.7. The Balaban J connectivity index is 1.97. The number of benzene rings is 1. The van der Waals surface area contributed by atoms with Crippen LogP contribution in [0.2, 0.25) is 0 Å². The number of rotatable bonds is 5. The maximum Gasteiger partial charge on any atom is 0.229 e. The first-order valence-corrected chi connectivity index (χ1v) is 5.93. The molecular weight excluding hydrogens is 230 g/mol. The molecule has 1 aromatic heterocycles. The molecule has 0 aliphatic carbocycles. The van der Waals surface area contributed by atoms with Crippen LogP contribution in [0.3, 0.4) is 0 Å². The minimum Gasteiger partial charge on any atom is -0.485 e. The monoisotopic (exact) mass is 247 g/mol. The molecule has 2 N–H and O–H groups in total. The topological polar surface area (TPSA) is 74.2 Å². The summed E-state index contributed by atoms with van der Waals surface area (Å²) in [4.78, 5) is 4.24. The van der Waals surface area contributed by atoms with E-state index in [4.69, 9.17) is 15.0 Å². The molecule has 0 amide bonds. The molecule has 0 saturated carbocycles. The quantitative estimate of drug-likeness (QED) is 0.877. The van der Waals surface area contributed by atoms with Crippen LogP contribution in [0, 0.1) is 0 Å². The molecule has 0 atom stereocenters. The van der Waals surface area contributed by atoms with Crippen LogP contribution in [0.1, 0.15) is 37.0 Å². The Morgan fingerprint density at radius 2 is 2.22 bits per heavy atom. The SMILES string of the molecule is CC(C)c1nc(COc2cccc(CN)c2)no1. The molecule has 2 aromatic rings. The van der Waals surface area contributed by atoms with E-state index in [0.29, 0.717) is 24.9 Å². The molecule has 5 nitrogen and oxygen atoms in total. The highest BCUT2D eigenvalue weighted by molar-refractivity contribution is 5.28. The molecule has 0 bridgehead atoms. The molecule has 0 aliphatic rings. The van der Waals surface area contributed by atoms with Gasteiger partial charge in [-0.15, -0.1) is 0 Å². The van der Waals surface area contributed by atoms with Gasteiger partial charge >= 0.3 is 0 Å². The predicted octanol–water partition coefficient (Wildman–Crippen LogP) is 2.23. The fourth-order valence-corrected chi connectivity index (χ4v) is 1.47. The van der Waals surface area contributed by atoms with Gasteiger partial charge in [0.1, 0.15) is 5.75 Å². The van der Waals surface area contributed by atoms with Gasteiger partial charge < -0.3 is 15.0 Å². The van der Waals surface area contributed by atoms with Crippen molar-refractivity contribution in [3.63, 3.8) is 0 Å². The van der Waals surface area contributed by atoms with Gasteiger partial charge in [-0.1, -0.05) is 31.1 Å². The zero-order valence-corrected chi connectivity index (χ0v) is 10.6. The van der Waals surface area contributed by atoms with Gasteiger partial charge in [0, 0.05) is 12.5 Å². The number of nitrogens with zero attached hydrogens (tertiary/aromatic N) is 2. The fourth-order valence-electron chi connectivity index (χ4n) is 1.47. The highest BCUT2D eigenvalue weighted by Crippen LogP contribution is 2.15. The van der Waals surface area contributed by atoms with Gasteiger partial charge in [-0.2, -0.15) is 4.98 Å². The summed E-state index contributed by atoms with van der Waals surface area (Å²) in [6, 6.07) is 7.65. The first kappa shape index (κ1) is 12.6. The highest BCUT2D eigenvalue weighted by Gasteiger charge is 2.10. The second kappa shape index (κ2) is 5.64. The number of aromatic nitrogens is 2. The minimum absolute atomic E-state index is 0.229. The van der Waals surface area contributed by atoms with Gasteiger partial charge in [0.25, 0.3) is 0 Å². The van der Waals surface area contributed by atoms with Gasteiger partial charge in [0.2, 0.25) is 11.7 Å². The van der Waals surface area contributed by atoms with Gasteiger partial charge in [-0.05, 0) is 17.7 Å². The Morgan fingerprint density at radius 3 is 2.89 bits per heavy atom. The molecular formula is C13H17N3O2. The van der Waals surface area contributed by atoms with Crippen LogP contribution < -0.4 is 10.5 Å². The third-order valence-electron chi connectivity index (χ3n) is 2.48. The van der Waals surface area contributed by atoms with Crippen molar-refractivity contribution >= 4 is 0 Å². The molecule has 1 heterocycles. The van der Waals surface area contributed by atoms with Crippen molar-refractivity contribution in [1.29, 1.82) is 0 Å². The van der Waals surface area contributed by atoms with Crippen LogP contribution in [0.5, 0.6) is 5.75 Å². The molecule has 0 fully saturated rings. The lowest BCUT2D eigenvalue weighted by molar-refractivity contribution is 0.284. The Labute approximate surface area is 106 Å². The lowest BCUT2D eigenvalue weighted by Gasteiger charge is -2.04. The Morgan fingerprint density at radius 1 is 1.39 bits per heavy atom. The van der Waals surface area contributed by atoms with Crippen LogP contribution in [0.25, 0.3) is 0 Å². The maximum absolute atomic E-state index is 5.59. The summed E-state index contributed by atoms with van der Waals surface area (Å²) in [5.41, 5.74) is 6.60. The number of nitrogens with two attached hydrogens (primary N) is 1. The first-order valence-electron chi connectivity index (χ1n) is 5.93. The Bertz CT molecular complexity index is 508. The highest BCUT2D eigenvalue weighted by atomic mass is 16.5. The zero-order chi connectivity index (χ0) is 13.0. The number of hydrogen-bond acceptors (Lipinski definition) is 5. The molecule has 5 heteroatoms. The average Bonchev–Trinajstić information content (AvgIpc) is 2.85. The Kier molecular flexibility index (Phi) is 3.94. The van der Waals surface area contributed by atoms with Crippen molar-refractivity contribution in [2.24, 2.45) is 5.73 Å². The van der Waals surface area contributed by atoms with Gasteiger partial charge in [0.15, 0.2) is 6.61 Å². The lowest BCUT2D eigenvalue weighted by atomic mass is 10.2. The second-order valence-corrected chi connectivity index (χ2v) is 4.34. The van der Waals surface area contributed by atoms with E-state index in [2.05, 4.69) is 10.1 Å². The molecule has 0 radical (unpaired) electrons. The predicted molar refractivity (Wildman–Crippen MR) is 67.1 cm³/mol. The summed E-state index contributed by atoms with van der Waals surface area (Å²) in [6.45, 7) is 4.80. The standard InChI is InChI=1S/C13H17N3O2/c1-9(2)13-15-12(16-18-13)8-17-11-5-3-4-10(6-11)7-14/h3-6,9H,7-8,14H2,1-2H3. The van der Waals surface area contributed by atoms with Gasteiger partial charge in [-0.3, -0.25) is 0 Å². The van der Waals surface area contributed by atoms with Crippen LogP contribution in [0.4, 0.5) is 0 Å². The average molecular weight is 247 g/mol. The summed E-state index contributed by atoms with van der Waals surface area (Å²) in [7, 11) is 0. The van der Waals surface area contributed by atoms with Crippen LogP contribution in [-0.4, -0.2) is 10.1 Å². The van der Waals surface area contributed by atoms with E-state index < -0.39 is 0 Å². The van der Waals surface area contributed by atoms with E-state index in [9.17, 15) is 0 Å². The van der Waals surface area contributed by atoms with Crippen LogP contribution in [-0.2, 0) is 13.2 Å². The van der Waals surface area contributed by atoms with Gasteiger partial charge in [-0.25, -0.2) is 0 Å². The molecule has 18 heavy (non-hydrogen) atoms. The molecule has 0 unspecified atom stereocenters. The number of hydrogen-bond donors (Lipinski definition) is 1. The van der Waals surface area contributed by atoms with E-state index in [1.807, 2.05) is 38.1 Å². The van der Waals surface area contributed by atoms with Crippen molar-refractivity contribution in [2.45, 2.75) is 32.9 Å². The number of ether oxygens (including phenoxy) is 1. The third-order valence-corrected chi connectivity index (χ3v) is 2.48. The first-order chi connectivity index (χ1) is 8.69. The summed E-state index contributed by atoms with van der Waals surface area (Å²) in [5, 5.41) is 3.86. The summed E-state index contributed by atoms with van der Waals surface area (Å²) in [5.74, 6) is 2.17. The largest absolute Gasteiger partial charge is 0.485 e. The summed E-state index contributed by atoms with van der Waals surface area (Å²) in [6.07, 6.45) is 0. The molecule has 0 aliphatic heterocycles. The van der Waals surface area contributed by atoms with E-state index >= 15 is 0 Å². The Hall–Kier alpha value is -1.88. The van der Waals surface area contributed by atoms with Crippen molar-refractivity contribution in [1.82, 2.24) is 10.1 Å². The molecule has 0 saturated heterocycles. The van der Waals surface area contributed by atoms with Crippen LogP contribution in [0.15, 0.2) is 28.8 Å². The maximum atomic E-state index is 5.59. The smallest absolute Gasteiger partial charge is 0.229 e. The van der Waals surface area contributed by atoms with Crippen molar-refractivity contribution in [3.05, 3.63) is 41.5 Å². The van der Waals surface area contributed by atoms with E-state index in [-0.39, 0.29) is 5.92 Å². The molecule has 2 rings (SSSR count). The van der Waals surface area contributed by atoms with Crippen molar-refractivity contribution in [2.75, 3.05) is 0 Å². The van der Waals surface area contributed by atoms with E-state index in [1.54, 1.807) is 0 Å². The normalized spacial score (nSPS) is 10.9. The molecule has 0 spiro atoms. The van der Waals surface area contributed by atoms with E-state index in [0.717, 1.165) is 11.3 Å². The second-order valence-electron chi connectivity index (χ2n) is 4.34. The third kappa shape index (κ3) is 3.07. The summed E-state index contributed by atoms with van der Waals surface area (Å²) >= 11 is 0. The van der Waals surface area contributed by atoms with Crippen molar-refractivity contribution in [3.8, 4) is 5.75 Å². The fraction of sp³-hybridized carbons (Fsp3) is 0.385. The molecule has 1 aromatic carbocycles. The van der Waals surface area contributed by atoms with Crippen LogP contribution >= 0.6 is 0 Å². The minimum atomic E-state index is 0.229. The zero-order valence-electron chi connectivity index (χ0n) is 10.6. The lowest BCUT2D eigenvalue weighted by Crippen LogP contribution is -2.00. The van der Waals surface area contributed by atoms with Gasteiger partial charge in [0.05, 0.1) is 0 Å². The van der Waals surface area contributed by atoms with E-state index in [1.165, 1.54) is 0 Å². The van der Waals surface area contributed by atoms with Crippen molar-refractivity contribution < 1.29 is 9.26 Å². The molecule has 96 valence electrons.